The van der Waals surface area contributed by atoms with Gasteiger partial charge >= 0.3 is 0 Å². The van der Waals surface area contributed by atoms with Crippen molar-refractivity contribution in [2.45, 2.75) is 19.3 Å². The Balaban J connectivity index is 0.990. The first-order valence-electron chi connectivity index (χ1n) is 17.4. The van der Waals surface area contributed by atoms with Crippen LogP contribution in [0, 0.1) is 0 Å². The number of fused-ring (bicyclic) bond motifs is 7. The van der Waals surface area contributed by atoms with Crippen molar-refractivity contribution in [1.82, 2.24) is 9.55 Å². The van der Waals surface area contributed by atoms with Crippen molar-refractivity contribution in [3.8, 4) is 50.2 Å². The van der Waals surface area contributed by atoms with E-state index in [1.54, 1.807) is 0 Å². The predicted octanol–water partition coefficient (Wildman–Crippen LogP) is 12.6. The van der Waals surface area contributed by atoms with Crippen molar-refractivity contribution in [3.05, 3.63) is 181 Å². The van der Waals surface area contributed by atoms with E-state index >= 15 is 0 Å². The number of hydrogen-bond donors (Lipinski definition) is 0. The zero-order chi connectivity index (χ0) is 33.4. The molecular formula is C48H34N2. The molecule has 2 heterocycles. The van der Waals surface area contributed by atoms with E-state index in [4.69, 9.17) is 0 Å². The van der Waals surface area contributed by atoms with E-state index in [2.05, 4.69) is 181 Å². The summed E-state index contributed by atoms with van der Waals surface area (Å²) in [4.78, 5) is 4.55. The van der Waals surface area contributed by atoms with Crippen molar-refractivity contribution < 1.29 is 0 Å². The zero-order valence-corrected chi connectivity index (χ0v) is 28.1. The van der Waals surface area contributed by atoms with Gasteiger partial charge in [-0.2, -0.15) is 0 Å². The molecule has 1 aliphatic carbocycles. The Kier molecular flexibility index (Phi) is 6.25. The van der Waals surface area contributed by atoms with E-state index in [-0.39, 0.29) is 5.41 Å². The van der Waals surface area contributed by atoms with E-state index < -0.39 is 0 Å². The lowest BCUT2D eigenvalue weighted by atomic mass is 9.81. The van der Waals surface area contributed by atoms with Gasteiger partial charge in [0, 0.05) is 33.5 Å². The quantitative estimate of drug-likeness (QED) is 0.188. The van der Waals surface area contributed by atoms with E-state index in [1.807, 2.05) is 12.3 Å². The lowest BCUT2D eigenvalue weighted by molar-refractivity contribution is 0.661. The molecule has 0 amide bonds. The largest absolute Gasteiger partial charge is 0.309 e. The summed E-state index contributed by atoms with van der Waals surface area (Å²) in [6.07, 6.45) is 1.86. The van der Waals surface area contributed by atoms with E-state index in [0.29, 0.717) is 0 Å². The van der Waals surface area contributed by atoms with Crippen LogP contribution in [-0.4, -0.2) is 9.55 Å². The average Bonchev–Trinajstić information content (AvgIpc) is 3.63. The predicted molar refractivity (Wildman–Crippen MR) is 210 cm³/mol. The molecule has 10 rings (SSSR count). The third-order valence-electron chi connectivity index (χ3n) is 10.9. The highest BCUT2D eigenvalue weighted by Crippen LogP contribution is 2.50. The summed E-state index contributed by atoms with van der Waals surface area (Å²) in [6.45, 7) is 4.74. The van der Waals surface area contributed by atoms with Crippen LogP contribution < -0.4 is 0 Å². The Morgan fingerprint density at radius 2 is 0.980 bits per heavy atom. The van der Waals surface area contributed by atoms with Crippen LogP contribution in [0.25, 0.3) is 82.9 Å². The Labute approximate surface area is 291 Å². The molecule has 50 heavy (non-hydrogen) atoms. The molecule has 2 aromatic heterocycles. The fourth-order valence-corrected chi connectivity index (χ4v) is 8.22. The van der Waals surface area contributed by atoms with Crippen LogP contribution in [0.1, 0.15) is 25.0 Å². The summed E-state index contributed by atoms with van der Waals surface area (Å²) in [5.74, 6) is 0. The van der Waals surface area contributed by atoms with E-state index in [9.17, 15) is 0 Å². The van der Waals surface area contributed by atoms with E-state index in [0.717, 1.165) is 10.9 Å². The molecule has 0 unspecified atom stereocenters. The maximum Gasteiger partial charge on any atom is 0.0708 e. The van der Waals surface area contributed by atoms with Gasteiger partial charge in [0.15, 0.2) is 0 Å². The second kappa shape index (κ2) is 10.9. The molecule has 2 nitrogen and oxygen atoms in total. The van der Waals surface area contributed by atoms with Crippen LogP contribution in [0.5, 0.6) is 0 Å². The first kappa shape index (κ1) is 28.7. The Morgan fingerprint density at radius 1 is 0.440 bits per heavy atom. The number of para-hydroxylation sites is 2. The molecule has 2 heteroatoms. The molecule has 0 N–H and O–H groups in total. The molecule has 7 aromatic carbocycles. The van der Waals surface area contributed by atoms with Crippen molar-refractivity contribution >= 4 is 32.7 Å². The zero-order valence-electron chi connectivity index (χ0n) is 28.1. The summed E-state index contributed by atoms with van der Waals surface area (Å²) in [6, 6.07) is 60.0. The maximum absolute atomic E-state index is 4.55. The van der Waals surface area contributed by atoms with Crippen LogP contribution in [0.4, 0.5) is 0 Å². The van der Waals surface area contributed by atoms with Gasteiger partial charge in [-0.25, -0.2) is 0 Å². The lowest BCUT2D eigenvalue weighted by Crippen LogP contribution is -2.15. The van der Waals surface area contributed by atoms with Crippen LogP contribution in [-0.2, 0) is 5.41 Å². The molecule has 9 aromatic rings. The number of nitrogens with zero attached hydrogens (tertiary/aromatic N) is 2. The Morgan fingerprint density at radius 3 is 1.64 bits per heavy atom. The summed E-state index contributed by atoms with van der Waals surface area (Å²) < 4.78 is 2.40. The normalized spacial score (nSPS) is 13.2. The van der Waals surface area contributed by atoms with Gasteiger partial charge < -0.3 is 4.57 Å². The number of aromatic nitrogens is 2. The number of rotatable bonds is 4. The van der Waals surface area contributed by atoms with Gasteiger partial charge in [-0.1, -0.05) is 129 Å². The third kappa shape index (κ3) is 4.38. The molecular weight excluding hydrogens is 605 g/mol. The van der Waals surface area contributed by atoms with Crippen molar-refractivity contribution in [2.75, 3.05) is 0 Å². The lowest BCUT2D eigenvalue weighted by Gasteiger charge is -2.23. The summed E-state index contributed by atoms with van der Waals surface area (Å²) in [5.41, 5.74) is 17.3. The first-order valence-corrected chi connectivity index (χ1v) is 17.4. The monoisotopic (exact) mass is 638 g/mol. The molecule has 236 valence electrons. The molecule has 0 saturated carbocycles. The van der Waals surface area contributed by atoms with Crippen LogP contribution in [0.15, 0.2) is 170 Å². The number of pyridine rings is 1. The van der Waals surface area contributed by atoms with Crippen molar-refractivity contribution in [1.29, 1.82) is 0 Å². The summed E-state index contributed by atoms with van der Waals surface area (Å²) >= 11 is 0. The summed E-state index contributed by atoms with van der Waals surface area (Å²) in [7, 11) is 0. The van der Waals surface area contributed by atoms with Gasteiger partial charge in [0.25, 0.3) is 0 Å². The highest BCUT2D eigenvalue weighted by molar-refractivity contribution is 6.09. The molecule has 0 atom stereocenters. The fourth-order valence-electron chi connectivity index (χ4n) is 8.22. The summed E-state index contributed by atoms with van der Waals surface area (Å²) in [5, 5.41) is 3.72. The highest BCUT2D eigenvalue weighted by atomic mass is 15.0. The topological polar surface area (TPSA) is 17.8 Å². The highest BCUT2D eigenvalue weighted by Gasteiger charge is 2.36. The number of hydrogen-bond acceptors (Lipinski definition) is 1. The molecule has 0 saturated heterocycles. The molecule has 0 spiro atoms. The molecule has 0 aliphatic heterocycles. The first-order chi connectivity index (χ1) is 24.5. The SMILES string of the molecule is CC1(C)c2cc(-c3ccc(-c4ccc5cccnc5c4)cc3)ccc2-c2ccc(-c3cccc(-n4c5ccccc5c5ccccc54)c3)cc21. The van der Waals surface area contributed by atoms with E-state index in [1.165, 1.54) is 83.1 Å². The second-order valence-corrected chi connectivity index (χ2v) is 14.1. The minimum absolute atomic E-state index is 0.126. The maximum atomic E-state index is 4.55. The minimum Gasteiger partial charge on any atom is -0.309 e. The van der Waals surface area contributed by atoms with Gasteiger partial charge in [0.2, 0.25) is 0 Å². The Hall–Kier alpha value is -6.25. The number of benzene rings is 7. The Bertz CT molecular complexity index is 2730. The molecule has 0 fully saturated rings. The van der Waals surface area contributed by atoms with Crippen LogP contribution >= 0.6 is 0 Å². The third-order valence-corrected chi connectivity index (χ3v) is 10.9. The van der Waals surface area contributed by atoms with Gasteiger partial charge in [0.05, 0.1) is 16.6 Å². The van der Waals surface area contributed by atoms with Gasteiger partial charge in [-0.05, 0) is 104 Å². The van der Waals surface area contributed by atoms with Gasteiger partial charge in [-0.15, -0.1) is 0 Å². The van der Waals surface area contributed by atoms with Crippen LogP contribution in [0.2, 0.25) is 0 Å². The smallest absolute Gasteiger partial charge is 0.0708 e. The average molecular weight is 639 g/mol. The van der Waals surface area contributed by atoms with Crippen molar-refractivity contribution in [3.63, 3.8) is 0 Å². The molecule has 0 radical (unpaired) electrons. The van der Waals surface area contributed by atoms with Crippen molar-refractivity contribution in [2.24, 2.45) is 0 Å². The van der Waals surface area contributed by atoms with Gasteiger partial charge in [0.1, 0.15) is 0 Å². The second-order valence-electron chi connectivity index (χ2n) is 14.1. The minimum atomic E-state index is -0.126. The van der Waals surface area contributed by atoms with Crippen LogP contribution in [0.3, 0.4) is 0 Å². The fraction of sp³-hybridized carbons (Fsp3) is 0.0625. The molecule has 1 aliphatic rings. The standard InChI is InChI=1S/C48H34N2/c1-48(2)43-28-35(31-16-18-32(19-17-31)37-21-20-33-10-8-26-49-45(33)30-37)22-24-39(43)40-25-23-36(29-44(40)48)34-9-7-11-38(27-34)50-46-14-5-3-12-41(46)42-13-4-6-15-47(42)50/h3-30H,1-2H3. The van der Waals surface area contributed by atoms with Gasteiger partial charge in [-0.3, -0.25) is 4.98 Å². The molecule has 0 bridgehead atoms.